The van der Waals surface area contributed by atoms with Gasteiger partial charge in [0.2, 0.25) is 11.9 Å². The van der Waals surface area contributed by atoms with E-state index in [0.717, 1.165) is 49.7 Å². The average molecular weight is 299 g/mol. The minimum Gasteiger partial charge on any atom is -0.378 e. The summed E-state index contributed by atoms with van der Waals surface area (Å²) in [6, 6.07) is 0. The SMILES string of the molecule is CCn1c(SCCNC(C)=O)nnc1N1CCOCC1. The predicted molar refractivity (Wildman–Crippen MR) is 78.1 cm³/mol. The van der Waals surface area contributed by atoms with E-state index >= 15 is 0 Å². The number of rotatable bonds is 6. The first-order valence-corrected chi connectivity index (χ1v) is 7.84. The Morgan fingerprint density at radius 2 is 2.15 bits per heavy atom. The van der Waals surface area contributed by atoms with E-state index in [1.807, 2.05) is 0 Å². The van der Waals surface area contributed by atoms with Crippen molar-refractivity contribution in [2.24, 2.45) is 0 Å². The summed E-state index contributed by atoms with van der Waals surface area (Å²) in [5, 5.41) is 12.2. The number of morpholine rings is 1. The van der Waals surface area contributed by atoms with Crippen molar-refractivity contribution in [2.75, 3.05) is 43.5 Å². The van der Waals surface area contributed by atoms with Crippen molar-refractivity contribution >= 4 is 23.6 Å². The summed E-state index contributed by atoms with van der Waals surface area (Å²) < 4.78 is 7.47. The third-order valence-corrected chi connectivity index (χ3v) is 3.98. The number of hydrogen-bond acceptors (Lipinski definition) is 6. The molecule has 1 aromatic rings. The molecule has 20 heavy (non-hydrogen) atoms. The average Bonchev–Trinajstić information content (AvgIpc) is 2.87. The molecule has 0 radical (unpaired) electrons. The third-order valence-electron chi connectivity index (χ3n) is 3.01. The van der Waals surface area contributed by atoms with Gasteiger partial charge in [0, 0.05) is 38.9 Å². The standard InChI is InChI=1S/C12H21N5O2S/c1-3-17-11(16-5-7-19-8-6-16)14-15-12(17)20-9-4-13-10(2)18/h3-9H2,1-2H3,(H,13,18). The molecule has 1 N–H and O–H groups in total. The lowest BCUT2D eigenvalue weighted by atomic mass is 10.4. The highest BCUT2D eigenvalue weighted by molar-refractivity contribution is 7.99. The fourth-order valence-electron chi connectivity index (χ4n) is 2.03. The van der Waals surface area contributed by atoms with Crippen LogP contribution in [-0.2, 0) is 16.1 Å². The van der Waals surface area contributed by atoms with Crippen LogP contribution < -0.4 is 10.2 Å². The molecule has 8 heteroatoms. The number of amides is 1. The maximum atomic E-state index is 10.8. The van der Waals surface area contributed by atoms with Crippen molar-refractivity contribution in [1.82, 2.24) is 20.1 Å². The quantitative estimate of drug-likeness (QED) is 0.604. The summed E-state index contributed by atoms with van der Waals surface area (Å²) in [4.78, 5) is 13.0. The van der Waals surface area contributed by atoms with Gasteiger partial charge in [-0.05, 0) is 6.92 Å². The maximum absolute atomic E-state index is 10.8. The van der Waals surface area contributed by atoms with Crippen LogP contribution in [0, 0.1) is 0 Å². The van der Waals surface area contributed by atoms with Crippen LogP contribution in [-0.4, -0.2) is 59.3 Å². The van der Waals surface area contributed by atoms with E-state index in [9.17, 15) is 4.79 Å². The van der Waals surface area contributed by atoms with Gasteiger partial charge in [0.1, 0.15) is 0 Å². The molecule has 1 aliphatic rings. The molecule has 7 nitrogen and oxygen atoms in total. The maximum Gasteiger partial charge on any atom is 0.228 e. The number of aromatic nitrogens is 3. The van der Waals surface area contributed by atoms with Crippen molar-refractivity contribution < 1.29 is 9.53 Å². The molecular formula is C12H21N5O2S. The minimum absolute atomic E-state index is 0.00318. The monoisotopic (exact) mass is 299 g/mol. The summed E-state index contributed by atoms with van der Waals surface area (Å²) in [5.74, 6) is 1.70. The summed E-state index contributed by atoms with van der Waals surface area (Å²) >= 11 is 1.62. The van der Waals surface area contributed by atoms with Crippen LogP contribution in [0.3, 0.4) is 0 Å². The van der Waals surface area contributed by atoms with Gasteiger partial charge in [0.15, 0.2) is 5.16 Å². The van der Waals surface area contributed by atoms with Gasteiger partial charge in [-0.1, -0.05) is 11.8 Å². The number of carbonyl (C=O) groups is 1. The molecule has 0 spiro atoms. The molecule has 1 saturated heterocycles. The summed E-state index contributed by atoms with van der Waals surface area (Å²) in [6.07, 6.45) is 0. The summed E-state index contributed by atoms with van der Waals surface area (Å²) in [5.41, 5.74) is 0. The van der Waals surface area contributed by atoms with Crippen molar-refractivity contribution in [3.05, 3.63) is 0 Å². The Hall–Kier alpha value is -1.28. The van der Waals surface area contributed by atoms with Crippen LogP contribution in [0.2, 0.25) is 0 Å². The molecule has 112 valence electrons. The molecule has 0 bridgehead atoms. The first-order chi connectivity index (χ1) is 9.72. The lowest BCUT2D eigenvalue weighted by Crippen LogP contribution is -2.38. The van der Waals surface area contributed by atoms with Gasteiger partial charge in [-0.15, -0.1) is 10.2 Å². The van der Waals surface area contributed by atoms with Crippen LogP contribution in [0.1, 0.15) is 13.8 Å². The zero-order valence-corrected chi connectivity index (χ0v) is 12.8. The zero-order valence-electron chi connectivity index (χ0n) is 12.0. The first kappa shape index (κ1) is 15.1. The lowest BCUT2D eigenvalue weighted by molar-refractivity contribution is -0.118. The Morgan fingerprint density at radius 1 is 1.40 bits per heavy atom. The van der Waals surface area contributed by atoms with E-state index in [0.29, 0.717) is 6.54 Å². The van der Waals surface area contributed by atoms with Crippen LogP contribution in [0.25, 0.3) is 0 Å². The van der Waals surface area contributed by atoms with Crippen molar-refractivity contribution in [3.63, 3.8) is 0 Å². The van der Waals surface area contributed by atoms with Gasteiger partial charge in [-0.3, -0.25) is 9.36 Å². The minimum atomic E-state index is -0.00318. The molecule has 0 saturated carbocycles. The predicted octanol–water partition coefficient (Wildman–Crippen LogP) is 0.363. The lowest BCUT2D eigenvalue weighted by Gasteiger charge is -2.27. The van der Waals surface area contributed by atoms with Crippen LogP contribution in [0.15, 0.2) is 5.16 Å². The van der Waals surface area contributed by atoms with Crippen LogP contribution >= 0.6 is 11.8 Å². The molecule has 0 atom stereocenters. The van der Waals surface area contributed by atoms with Gasteiger partial charge >= 0.3 is 0 Å². The molecule has 1 fully saturated rings. The van der Waals surface area contributed by atoms with E-state index in [2.05, 4.69) is 31.9 Å². The Bertz CT molecular complexity index is 445. The summed E-state index contributed by atoms with van der Waals surface area (Å²) in [7, 11) is 0. The Morgan fingerprint density at radius 3 is 2.80 bits per heavy atom. The molecule has 0 unspecified atom stereocenters. The highest BCUT2D eigenvalue weighted by atomic mass is 32.2. The van der Waals surface area contributed by atoms with Crippen LogP contribution in [0.4, 0.5) is 5.95 Å². The largest absolute Gasteiger partial charge is 0.378 e. The number of thioether (sulfide) groups is 1. The number of carbonyl (C=O) groups excluding carboxylic acids is 1. The van der Waals surface area contributed by atoms with Crippen molar-refractivity contribution in [2.45, 2.75) is 25.5 Å². The van der Waals surface area contributed by atoms with Crippen LogP contribution in [0.5, 0.6) is 0 Å². The Labute approximate surface area is 123 Å². The molecular weight excluding hydrogens is 278 g/mol. The first-order valence-electron chi connectivity index (χ1n) is 6.85. The number of nitrogens with one attached hydrogen (secondary N) is 1. The van der Waals surface area contributed by atoms with E-state index in [1.54, 1.807) is 11.8 Å². The van der Waals surface area contributed by atoms with Gasteiger partial charge in [0.25, 0.3) is 0 Å². The fraction of sp³-hybridized carbons (Fsp3) is 0.750. The number of nitrogens with zero attached hydrogens (tertiary/aromatic N) is 4. The third kappa shape index (κ3) is 3.86. The van der Waals surface area contributed by atoms with Crippen molar-refractivity contribution in [3.8, 4) is 0 Å². The second kappa shape index (κ2) is 7.49. The number of anilines is 1. The molecule has 1 aromatic heterocycles. The highest BCUT2D eigenvalue weighted by Gasteiger charge is 2.19. The molecule has 2 rings (SSSR count). The van der Waals surface area contributed by atoms with Gasteiger partial charge in [-0.2, -0.15) is 0 Å². The topological polar surface area (TPSA) is 72.3 Å². The van der Waals surface area contributed by atoms with E-state index in [4.69, 9.17) is 4.74 Å². The number of hydrogen-bond donors (Lipinski definition) is 1. The van der Waals surface area contributed by atoms with Gasteiger partial charge in [0.05, 0.1) is 13.2 Å². The van der Waals surface area contributed by atoms with Crippen molar-refractivity contribution in [1.29, 1.82) is 0 Å². The van der Waals surface area contributed by atoms with Gasteiger partial charge in [-0.25, -0.2) is 0 Å². The highest BCUT2D eigenvalue weighted by Crippen LogP contribution is 2.22. The second-order valence-corrected chi connectivity index (χ2v) is 5.52. The second-order valence-electron chi connectivity index (χ2n) is 4.46. The molecule has 1 amide bonds. The smallest absolute Gasteiger partial charge is 0.228 e. The summed E-state index contributed by atoms with van der Waals surface area (Å²) in [6.45, 7) is 8.28. The normalized spacial score (nSPS) is 15.4. The van der Waals surface area contributed by atoms with E-state index in [-0.39, 0.29) is 5.91 Å². The Kier molecular flexibility index (Phi) is 5.66. The zero-order chi connectivity index (χ0) is 14.4. The van der Waals surface area contributed by atoms with E-state index in [1.165, 1.54) is 6.92 Å². The number of ether oxygens (including phenoxy) is 1. The Balaban J connectivity index is 1.95. The fourth-order valence-corrected chi connectivity index (χ4v) is 2.88. The molecule has 0 aromatic carbocycles. The molecule has 0 aliphatic carbocycles. The van der Waals surface area contributed by atoms with Gasteiger partial charge < -0.3 is 15.0 Å². The molecule has 1 aliphatic heterocycles. The molecule has 2 heterocycles. The van der Waals surface area contributed by atoms with E-state index < -0.39 is 0 Å².